The maximum absolute atomic E-state index is 12.0. The van der Waals surface area contributed by atoms with Crippen LogP contribution in [0.1, 0.15) is 18.4 Å². The number of fused-ring (bicyclic) bond motifs is 1. The van der Waals surface area contributed by atoms with Crippen molar-refractivity contribution in [1.29, 1.82) is 0 Å². The first-order valence-corrected chi connectivity index (χ1v) is 6.95. The van der Waals surface area contributed by atoms with Gasteiger partial charge in [0, 0.05) is 0 Å². The van der Waals surface area contributed by atoms with Gasteiger partial charge in [-0.05, 0) is 44.0 Å². The van der Waals surface area contributed by atoms with Gasteiger partial charge in [0.15, 0.2) is 5.13 Å². The minimum absolute atomic E-state index is 0. The van der Waals surface area contributed by atoms with Crippen molar-refractivity contribution in [2.45, 2.75) is 25.8 Å². The number of aryl methyl sites for hydroxylation is 1. The van der Waals surface area contributed by atoms with Crippen molar-refractivity contribution in [3.63, 3.8) is 0 Å². The van der Waals surface area contributed by atoms with Crippen molar-refractivity contribution in [2.75, 3.05) is 11.9 Å². The number of carbonyl (C=O) groups is 1. The van der Waals surface area contributed by atoms with Gasteiger partial charge in [0.2, 0.25) is 5.91 Å². The summed E-state index contributed by atoms with van der Waals surface area (Å²) in [6.45, 7) is 2.98. The third-order valence-corrected chi connectivity index (χ3v) is 4.08. The number of thiazole rings is 1. The van der Waals surface area contributed by atoms with Crippen LogP contribution in [0.3, 0.4) is 0 Å². The molecular formula is C13H16ClN3OS. The number of hydrogen-bond acceptors (Lipinski definition) is 4. The smallest absolute Gasteiger partial charge is 0.243 e. The van der Waals surface area contributed by atoms with Crippen LogP contribution in [0.2, 0.25) is 0 Å². The van der Waals surface area contributed by atoms with Gasteiger partial charge in [-0.2, -0.15) is 0 Å². The molecule has 3 rings (SSSR count). The van der Waals surface area contributed by atoms with Gasteiger partial charge in [0.05, 0.1) is 16.3 Å². The van der Waals surface area contributed by atoms with Crippen LogP contribution < -0.4 is 10.6 Å². The molecular weight excluding hydrogens is 282 g/mol. The van der Waals surface area contributed by atoms with E-state index in [1.54, 1.807) is 0 Å². The molecule has 1 saturated heterocycles. The predicted molar refractivity (Wildman–Crippen MR) is 81.3 cm³/mol. The molecule has 1 amide bonds. The molecule has 0 bridgehead atoms. The molecule has 1 aromatic carbocycles. The highest BCUT2D eigenvalue weighted by Gasteiger charge is 2.22. The zero-order valence-corrected chi connectivity index (χ0v) is 12.2. The number of hydrogen-bond donors (Lipinski definition) is 2. The minimum atomic E-state index is -0.0567. The average molecular weight is 298 g/mol. The molecule has 2 N–H and O–H groups in total. The molecule has 0 aliphatic carbocycles. The molecule has 2 aromatic rings. The molecule has 102 valence electrons. The van der Waals surface area contributed by atoms with Gasteiger partial charge in [0.1, 0.15) is 0 Å². The number of halogens is 1. The molecule has 19 heavy (non-hydrogen) atoms. The van der Waals surface area contributed by atoms with Gasteiger partial charge in [-0.15, -0.1) is 12.4 Å². The Hall–Kier alpha value is -1.17. The maximum Gasteiger partial charge on any atom is 0.243 e. The third-order valence-electron chi connectivity index (χ3n) is 3.15. The molecule has 1 unspecified atom stereocenters. The Morgan fingerprint density at radius 2 is 2.37 bits per heavy atom. The second-order valence-electron chi connectivity index (χ2n) is 4.63. The summed E-state index contributed by atoms with van der Waals surface area (Å²) in [5.74, 6) is 0.0308. The number of carbonyl (C=O) groups excluding carboxylic acids is 1. The van der Waals surface area contributed by atoms with Crippen molar-refractivity contribution in [1.82, 2.24) is 10.3 Å². The fourth-order valence-electron chi connectivity index (χ4n) is 2.19. The van der Waals surface area contributed by atoms with E-state index in [9.17, 15) is 4.79 Å². The number of nitrogens with zero attached hydrogens (tertiary/aromatic N) is 1. The summed E-state index contributed by atoms with van der Waals surface area (Å²) in [5.41, 5.74) is 2.15. The highest BCUT2D eigenvalue weighted by molar-refractivity contribution is 7.22. The number of rotatable bonds is 2. The van der Waals surface area contributed by atoms with Crippen LogP contribution in [-0.4, -0.2) is 23.5 Å². The number of anilines is 1. The monoisotopic (exact) mass is 297 g/mol. The molecule has 1 aliphatic rings. The quantitative estimate of drug-likeness (QED) is 0.896. The van der Waals surface area contributed by atoms with E-state index >= 15 is 0 Å². The summed E-state index contributed by atoms with van der Waals surface area (Å²) in [4.78, 5) is 16.4. The van der Waals surface area contributed by atoms with Gasteiger partial charge in [-0.25, -0.2) is 4.98 Å². The number of amides is 1. The van der Waals surface area contributed by atoms with Crippen LogP contribution in [0.25, 0.3) is 10.2 Å². The van der Waals surface area contributed by atoms with Crippen molar-refractivity contribution < 1.29 is 4.79 Å². The summed E-state index contributed by atoms with van der Waals surface area (Å²) in [7, 11) is 0. The summed E-state index contributed by atoms with van der Waals surface area (Å²) in [6, 6.07) is 6.06. The molecule has 0 radical (unpaired) electrons. The first kappa shape index (κ1) is 14.2. The highest BCUT2D eigenvalue weighted by atomic mass is 35.5. The molecule has 0 saturated carbocycles. The Morgan fingerprint density at radius 3 is 3.11 bits per heavy atom. The molecule has 0 spiro atoms. The number of aromatic nitrogens is 1. The van der Waals surface area contributed by atoms with Gasteiger partial charge in [-0.1, -0.05) is 17.4 Å². The lowest BCUT2D eigenvalue weighted by Crippen LogP contribution is -2.35. The Labute approximate surface area is 122 Å². The lowest BCUT2D eigenvalue weighted by molar-refractivity contribution is -0.117. The standard InChI is InChI=1S/C13H15N3OS.ClH/c1-8-4-5-9-11(7-8)18-13(15-9)16-12(17)10-3-2-6-14-10;/h4-5,7,10,14H,2-3,6H2,1H3,(H,15,16,17);1H. The first-order valence-electron chi connectivity index (χ1n) is 6.14. The van der Waals surface area contributed by atoms with E-state index in [1.807, 2.05) is 12.1 Å². The molecule has 1 fully saturated rings. The van der Waals surface area contributed by atoms with E-state index < -0.39 is 0 Å². The van der Waals surface area contributed by atoms with E-state index in [0.717, 1.165) is 29.6 Å². The molecule has 2 heterocycles. The Bertz CT molecular complexity index is 593. The van der Waals surface area contributed by atoms with Crippen molar-refractivity contribution in [3.8, 4) is 0 Å². The largest absolute Gasteiger partial charge is 0.306 e. The molecule has 1 aromatic heterocycles. The van der Waals surface area contributed by atoms with Crippen LogP contribution in [0.4, 0.5) is 5.13 Å². The normalized spacial score (nSPS) is 18.3. The Morgan fingerprint density at radius 1 is 1.53 bits per heavy atom. The zero-order chi connectivity index (χ0) is 12.5. The lowest BCUT2D eigenvalue weighted by atomic mass is 10.2. The van der Waals surface area contributed by atoms with Crippen LogP contribution >= 0.6 is 23.7 Å². The van der Waals surface area contributed by atoms with Crippen molar-refractivity contribution in [2.24, 2.45) is 0 Å². The fraction of sp³-hybridized carbons (Fsp3) is 0.385. The van der Waals surface area contributed by atoms with E-state index in [4.69, 9.17) is 0 Å². The highest BCUT2D eigenvalue weighted by Crippen LogP contribution is 2.26. The molecule has 1 atom stereocenters. The summed E-state index contributed by atoms with van der Waals surface area (Å²) >= 11 is 1.53. The van der Waals surface area contributed by atoms with Crippen molar-refractivity contribution >= 4 is 45.0 Å². The Kier molecular flexibility index (Phi) is 4.39. The van der Waals surface area contributed by atoms with E-state index in [-0.39, 0.29) is 24.4 Å². The molecule has 6 heteroatoms. The summed E-state index contributed by atoms with van der Waals surface area (Å²) < 4.78 is 1.12. The maximum atomic E-state index is 12.0. The van der Waals surface area contributed by atoms with Gasteiger partial charge in [0.25, 0.3) is 0 Å². The lowest BCUT2D eigenvalue weighted by Gasteiger charge is -2.08. The third kappa shape index (κ3) is 3.05. The minimum Gasteiger partial charge on any atom is -0.306 e. The van der Waals surface area contributed by atoms with Gasteiger partial charge >= 0.3 is 0 Å². The molecule has 4 nitrogen and oxygen atoms in total. The van der Waals surface area contributed by atoms with Gasteiger partial charge < -0.3 is 10.6 Å². The van der Waals surface area contributed by atoms with E-state index in [1.165, 1.54) is 16.9 Å². The second kappa shape index (κ2) is 5.86. The Balaban J connectivity index is 0.00000133. The number of benzene rings is 1. The van der Waals surface area contributed by atoms with E-state index in [2.05, 4.69) is 28.6 Å². The van der Waals surface area contributed by atoms with Gasteiger partial charge in [-0.3, -0.25) is 4.79 Å². The molecule has 1 aliphatic heterocycles. The van der Waals surface area contributed by atoms with Crippen molar-refractivity contribution in [3.05, 3.63) is 23.8 Å². The van der Waals surface area contributed by atoms with Crippen LogP contribution in [-0.2, 0) is 4.79 Å². The van der Waals surface area contributed by atoms with E-state index in [0.29, 0.717) is 5.13 Å². The van der Waals surface area contributed by atoms with Crippen LogP contribution in [0.5, 0.6) is 0 Å². The SMILES string of the molecule is Cc1ccc2nc(NC(=O)C3CCCN3)sc2c1.Cl. The predicted octanol–water partition coefficient (Wildman–Crippen LogP) is 2.72. The fourth-order valence-corrected chi connectivity index (χ4v) is 3.15. The average Bonchev–Trinajstić information content (AvgIpc) is 2.95. The zero-order valence-electron chi connectivity index (χ0n) is 10.6. The van der Waals surface area contributed by atoms with Crippen LogP contribution in [0, 0.1) is 6.92 Å². The topological polar surface area (TPSA) is 54.0 Å². The first-order chi connectivity index (χ1) is 8.72. The van der Waals surface area contributed by atoms with Crippen LogP contribution in [0.15, 0.2) is 18.2 Å². The summed E-state index contributed by atoms with van der Waals surface area (Å²) in [6.07, 6.45) is 1.98. The second-order valence-corrected chi connectivity index (χ2v) is 5.66. The number of nitrogens with one attached hydrogen (secondary N) is 2. The summed E-state index contributed by atoms with van der Waals surface area (Å²) in [5, 5.41) is 6.77.